The molecule has 0 aliphatic rings. The number of carbonyl (C=O) groups is 1. The lowest BCUT2D eigenvalue weighted by atomic mass is 10.2. The SMILES string of the molecule is CCNC(=NCC(=O)NCCOC)NCC(C)(C)Sc1ccc(Br)cc1. The molecule has 26 heavy (non-hydrogen) atoms. The van der Waals surface area contributed by atoms with Gasteiger partial charge in [0.05, 0.1) is 6.61 Å². The summed E-state index contributed by atoms with van der Waals surface area (Å²) in [5.41, 5.74) is 0. The number of nitrogens with one attached hydrogen (secondary N) is 3. The molecule has 0 bridgehead atoms. The molecule has 0 saturated heterocycles. The smallest absolute Gasteiger partial charge is 0.241 e. The number of hydrogen-bond acceptors (Lipinski definition) is 4. The molecule has 1 aromatic rings. The van der Waals surface area contributed by atoms with Crippen molar-refractivity contribution in [2.45, 2.75) is 30.4 Å². The van der Waals surface area contributed by atoms with E-state index in [-0.39, 0.29) is 17.2 Å². The van der Waals surface area contributed by atoms with Gasteiger partial charge >= 0.3 is 0 Å². The van der Waals surface area contributed by atoms with Gasteiger partial charge in [0, 0.05) is 40.9 Å². The Morgan fingerprint density at radius 3 is 2.54 bits per heavy atom. The van der Waals surface area contributed by atoms with Gasteiger partial charge in [-0.25, -0.2) is 4.99 Å². The molecular formula is C18H29BrN4O2S. The minimum Gasteiger partial charge on any atom is -0.383 e. The Bertz CT molecular complexity index is 579. The van der Waals surface area contributed by atoms with E-state index in [0.717, 1.165) is 11.0 Å². The van der Waals surface area contributed by atoms with Gasteiger partial charge < -0.3 is 20.7 Å². The Labute approximate surface area is 169 Å². The van der Waals surface area contributed by atoms with Crippen LogP contribution < -0.4 is 16.0 Å². The Balaban J connectivity index is 2.53. The van der Waals surface area contributed by atoms with Crippen molar-refractivity contribution in [1.29, 1.82) is 0 Å². The number of halogens is 1. The quantitative estimate of drug-likeness (QED) is 0.224. The number of carbonyl (C=O) groups excluding carboxylic acids is 1. The molecule has 0 radical (unpaired) electrons. The number of methoxy groups -OCH3 is 1. The Morgan fingerprint density at radius 1 is 1.23 bits per heavy atom. The highest BCUT2D eigenvalue weighted by molar-refractivity contribution is 9.10. The normalized spacial score (nSPS) is 12.0. The molecule has 146 valence electrons. The summed E-state index contributed by atoms with van der Waals surface area (Å²) in [6.45, 7) is 8.86. The first-order valence-electron chi connectivity index (χ1n) is 8.58. The fourth-order valence-corrected chi connectivity index (χ4v) is 3.31. The molecule has 0 atom stereocenters. The summed E-state index contributed by atoms with van der Waals surface area (Å²) in [5, 5.41) is 9.24. The number of aliphatic imine (C=N–C) groups is 1. The minimum atomic E-state index is -0.122. The lowest BCUT2D eigenvalue weighted by Crippen LogP contribution is -2.44. The van der Waals surface area contributed by atoms with E-state index in [9.17, 15) is 4.79 Å². The lowest BCUT2D eigenvalue weighted by Gasteiger charge is -2.25. The minimum absolute atomic E-state index is 0.0370. The fourth-order valence-electron chi connectivity index (χ4n) is 2.00. The summed E-state index contributed by atoms with van der Waals surface area (Å²) in [4.78, 5) is 17.3. The van der Waals surface area contributed by atoms with Crippen molar-refractivity contribution in [3.8, 4) is 0 Å². The van der Waals surface area contributed by atoms with Gasteiger partial charge in [0.1, 0.15) is 6.54 Å². The molecule has 0 aliphatic carbocycles. The highest BCUT2D eigenvalue weighted by Crippen LogP contribution is 2.32. The molecule has 0 fully saturated rings. The van der Waals surface area contributed by atoms with Crippen LogP contribution in [0.3, 0.4) is 0 Å². The molecular weight excluding hydrogens is 416 g/mol. The van der Waals surface area contributed by atoms with Gasteiger partial charge in [0.15, 0.2) is 5.96 Å². The summed E-state index contributed by atoms with van der Waals surface area (Å²) >= 11 is 5.25. The van der Waals surface area contributed by atoms with Gasteiger partial charge in [-0.3, -0.25) is 4.79 Å². The van der Waals surface area contributed by atoms with Crippen LogP contribution in [0.5, 0.6) is 0 Å². The van der Waals surface area contributed by atoms with E-state index in [1.165, 1.54) is 4.90 Å². The number of nitrogens with zero attached hydrogens (tertiary/aromatic N) is 1. The van der Waals surface area contributed by atoms with Crippen molar-refractivity contribution in [3.63, 3.8) is 0 Å². The molecule has 3 N–H and O–H groups in total. The number of guanidine groups is 1. The maximum absolute atomic E-state index is 11.8. The van der Waals surface area contributed by atoms with Gasteiger partial charge in [-0.05, 0) is 45.0 Å². The van der Waals surface area contributed by atoms with Crippen LogP contribution in [0.15, 0.2) is 38.6 Å². The highest BCUT2D eigenvalue weighted by Gasteiger charge is 2.20. The molecule has 8 heteroatoms. The number of hydrogen-bond donors (Lipinski definition) is 3. The molecule has 0 heterocycles. The van der Waals surface area contributed by atoms with E-state index >= 15 is 0 Å². The van der Waals surface area contributed by atoms with Crippen molar-refractivity contribution >= 4 is 39.6 Å². The zero-order valence-electron chi connectivity index (χ0n) is 15.9. The topological polar surface area (TPSA) is 74.8 Å². The summed E-state index contributed by atoms with van der Waals surface area (Å²) < 4.78 is 5.94. The summed E-state index contributed by atoms with van der Waals surface area (Å²) in [5.74, 6) is 0.515. The third kappa shape index (κ3) is 10.0. The van der Waals surface area contributed by atoms with Crippen LogP contribution in [-0.4, -0.2) is 56.5 Å². The first kappa shape index (κ1) is 22.8. The predicted molar refractivity (Wildman–Crippen MR) is 113 cm³/mol. The van der Waals surface area contributed by atoms with Gasteiger partial charge in [-0.2, -0.15) is 0 Å². The third-order valence-corrected chi connectivity index (χ3v) is 4.98. The van der Waals surface area contributed by atoms with Crippen LogP contribution in [-0.2, 0) is 9.53 Å². The van der Waals surface area contributed by atoms with Crippen LogP contribution >= 0.6 is 27.7 Å². The average molecular weight is 445 g/mol. The molecule has 0 saturated carbocycles. The van der Waals surface area contributed by atoms with Gasteiger partial charge in [0.2, 0.25) is 5.91 Å². The summed E-state index contributed by atoms with van der Waals surface area (Å²) in [7, 11) is 1.60. The average Bonchev–Trinajstić information content (AvgIpc) is 2.59. The van der Waals surface area contributed by atoms with Gasteiger partial charge in [-0.15, -0.1) is 11.8 Å². The highest BCUT2D eigenvalue weighted by atomic mass is 79.9. The van der Waals surface area contributed by atoms with Crippen molar-refractivity contribution in [2.24, 2.45) is 4.99 Å². The van der Waals surface area contributed by atoms with Gasteiger partial charge in [0.25, 0.3) is 0 Å². The van der Waals surface area contributed by atoms with E-state index in [2.05, 4.69) is 62.9 Å². The van der Waals surface area contributed by atoms with Crippen molar-refractivity contribution in [2.75, 3.05) is 39.9 Å². The Hall–Kier alpha value is -1.25. The van der Waals surface area contributed by atoms with E-state index < -0.39 is 0 Å². The van der Waals surface area contributed by atoms with E-state index in [1.807, 2.05) is 19.1 Å². The third-order valence-electron chi connectivity index (χ3n) is 3.24. The fraction of sp³-hybridized carbons (Fsp3) is 0.556. The monoisotopic (exact) mass is 444 g/mol. The molecule has 1 amide bonds. The predicted octanol–water partition coefficient (Wildman–Crippen LogP) is 2.64. The van der Waals surface area contributed by atoms with Crippen LogP contribution in [0.25, 0.3) is 0 Å². The first-order chi connectivity index (χ1) is 12.4. The Kier molecular flexibility index (Phi) is 10.7. The van der Waals surface area contributed by atoms with E-state index in [0.29, 0.717) is 25.7 Å². The number of amides is 1. The number of ether oxygens (including phenoxy) is 1. The standard InChI is InChI=1S/C18H29BrN4O2S/c1-5-20-17(22-12-16(24)21-10-11-25-4)23-13-18(2,3)26-15-8-6-14(19)7-9-15/h6-9H,5,10-13H2,1-4H3,(H,21,24)(H2,20,22,23). The number of rotatable bonds is 10. The summed E-state index contributed by atoms with van der Waals surface area (Å²) in [6.07, 6.45) is 0. The van der Waals surface area contributed by atoms with Crippen LogP contribution in [0, 0.1) is 0 Å². The van der Waals surface area contributed by atoms with Crippen molar-refractivity contribution < 1.29 is 9.53 Å². The van der Waals surface area contributed by atoms with Crippen LogP contribution in [0.4, 0.5) is 0 Å². The first-order valence-corrected chi connectivity index (χ1v) is 10.2. The van der Waals surface area contributed by atoms with E-state index in [4.69, 9.17) is 4.74 Å². The zero-order valence-corrected chi connectivity index (χ0v) is 18.3. The van der Waals surface area contributed by atoms with E-state index in [1.54, 1.807) is 18.9 Å². The molecule has 1 aromatic carbocycles. The maximum atomic E-state index is 11.8. The molecule has 6 nitrogen and oxygen atoms in total. The van der Waals surface area contributed by atoms with Gasteiger partial charge in [-0.1, -0.05) is 15.9 Å². The number of benzene rings is 1. The molecule has 0 unspecified atom stereocenters. The second-order valence-electron chi connectivity index (χ2n) is 6.21. The number of thioether (sulfide) groups is 1. The second kappa shape index (κ2) is 12.2. The van der Waals surface area contributed by atoms with Crippen molar-refractivity contribution in [1.82, 2.24) is 16.0 Å². The maximum Gasteiger partial charge on any atom is 0.241 e. The second-order valence-corrected chi connectivity index (χ2v) is 8.90. The van der Waals surface area contributed by atoms with Crippen molar-refractivity contribution in [3.05, 3.63) is 28.7 Å². The zero-order chi connectivity index (χ0) is 19.4. The van der Waals surface area contributed by atoms with Crippen LogP contribution in [0.1, 0.15) is 20.8 Å². The lowest BCUT2D eigenvalue weighted by molar-refractivity contribution is -0.119. The van der Waals surface area contributed by atoms with Crippen LogP contribution in [0.2, 0.25) is 0 Å². The molecule has 0 aliphatic heterocycles. The Morgan fingerprint density at radius 2 is 1.92 bits per heavy atom. The molecule has 0 spiro atoms. The largest absolute Gasteiger partial charge is 0.383 e. The molecule has 0 aromatic heterocycles. The molecule has 1 rings (SSSR count). The summed E-state index contributed by atoms with van der Waals surface area (Å²) in [6, 6.07) is 8.28.